The Morgan fingerprint density at radius 1 is 1.18 bits per heavy atom. The molecule has 0 saturated carbocycles. The molecule has 0 aromatic heterocycles. The standard InChI is InChI=1S/C15H22OS/c1-11-6-5-7-13(12(11)2)15(16)8-14(3,4)9-17-10-15/h5-7,16H,8-10H2,1-4H3. The Hall–Kier alpha value is -0.470. The summed E-state index contributed by atoms with van der Waals surface area (Å²) in [4.78, 5) is 0. The van der Waals surface area contributed by atoms with Crippen molar-refractivity contribution in [3.05, 3.63) is 34.9 Å². The molecule has 1 nitrogen and oxygen atoms in total. The van der Waals surface area contributed by atoms with Crippen molar-refractivity contribution in [3.63, 3.8) is 0 Å². The number of aryl methyl sites for hydroxylation is 1. The lowest BCUT2D eigenvalue weighted by atomic mass is 9.77. The van der Waals surface area contributed by atoms with Gasteiger partial charge < -0.3 is 5.11 Å². The molecule has 1 aliphatic rings. The Morgan fingerprint density at radius 2 is 1.88 bits per heavy atom. The first-order valence-corrected chi connectivity index (χ1v) is 7.36. The van der Waals surface area contributed by atoms with E-state index in [1.54, 1.807) is 0 Å². The lowest BCUT2D eigenvalue weighted by Gasteiger charge is -2.42. The normalized spacial score (nSPS) is 28.1. The predicted octanol–water partition coefficient (Wildman–Crippen LogP) is 3.65. The average molecular weight is 250 g/mol. The van der Waals surface area contributed by atoms with Crippen molar-refractivity contribution >= 4 is 11.8 Å². The summed E-state index contributed by atoms with van der Waals surface area (Å²) in [6.07, 6.45) is 0.858. The van der Waals surface area contributed by atoms with Gasteiger partial charge in [0.25, 0.3) is 0 Å². The largest absolute Gasteiger partial charge is 0.384 e. The van der Waals surface area contributed by atoms with E-state index >= 15 is 0 Å². The minimum atomic E-state index is -0.650. The van der Waals surface area contributed by atoms with Gasteiger partial charge >= 0.3 is 0 Å². The van der Waals surface area contributed by atoms with Gasteiger partial charge in [0.05, 0.1) is 5.60 Å². The molecule has 0 bridgehead atoms. The van der Waals surface area contributed by atoms with E-state index in [2.05, 4.69) is 45.9 Å². The van der Waals surface area contributed by atoms with E-state index in [1.807, 2.05) is 11.8 Å². The van der Waals surface area contributed by atoms with Crippen LogP contribution in [0.2, 0.25) is 0 Å². The van der Waals surface area contributed by atoms with Gasteiger partial charge in [-0.1, -0.05) is 32.0 Å². The summed E-state index contributed by atoms with van der Waals surface area (Å²) in [5, 5.41) is 11.0. The number of thioether (sulfide) groups is 1. The summed E-state index contributed by atoms with van der Waals surface area (Å²) in [5.74, 6) is 1.96. The molecule has 1 aromatic rings. The third kappa shape index (κ3) is 2.53. The summed E-state index contributed by atoms with van der Waals surface area (Å²) >= 11 is 1.87. The van der Waals surface area contributed by atoms with Crippen LogP contribution in [0, 0.1) is 19.3 Å². The van der Waals surface area contributed by atoms with Crippen molar-refractivity contribution in [2.45, 2.75) is 39.7 Å². The third-order valence-corrected chi connectivity index (χ3v) is 5.38. The van der Waals surface area contributed by atoms with Crippen LogP contribution in [0.3, 0.4) is 0 Å². The van der Waals surface area contributed by atoms with Gasteiger partial charge in [0, 0.05) is 5.75 Å². The fourth-order valence-corrected chi connectivity index (χ4v) is 4.17. The topological polar surface area (TPSA) is 20.2 Å². The first-order chi connectivity index (χ1) is 7.84. The highest BCUT2D eigenvalue weighted by molar-refractivity contribution is 7.99. The van der Waals surface area contributed by atoms with Crippen LogP contribution in [0.25, 0.3) is 0 Å². The smallest absolute Gasteiger partial charge is 0.0994 e. The van der Waals surface area contributed by atoms with Crippen molar-refractivity contribution < 1.29 is 5.11 Å². The first-order valence-electron chi connectivity index (χ1n) is 6.21. The molecule has 0 aliphatic carbocycles. The van der Waals surface area contributed by atoms with Crippen LogP contribution in [0.5, 0.6) is 0 Å². The number of hydrogen-bond donors (Lipinski definition) is 1. The first kappa shape index (κ1) is 13.0. The van der Waals surface area contributed by atoms with Crippen LogP contribution in [0.1, 0.15) is 37.0 Å². The number of rotatable bonds is 1. The third-order valence-electron chi connectivity index (χ3n) is 3.71. The van der Waals surface area contributed by atoms with Gasteiger partial charge in [-0.3, -0.25) is 0 Å². The quantitative estimate of drug-likeness (QED) is 0.821. The zero-order chi connectivity index (χ0) is 12.7. The van der Waals surface area contributed by atoms with Gasteiger partial charge in [-0.25, -0.2) is 0 Å². The Bertz CT molecular complexity index is 425. The van der Waals surface area contributed by atoms with Crippen LogP contribution in [-0.2, 0) is 5.60 Å². The highest BCUT2D eigenvalue weighted by Crippen LogP contribution is 2.45. The van der Waals surface area contributed by atoms with Gasteiger partial charge in [-0.2, -0.15) is 11.8 Å². The highest BCUT2D eigenvalue weighted by atomic mass is 32.2. The summed E-state index contributed by atoms with van der Waals surface area (Å²) < 4.78 is 0. The van der Waals surface area contributed by atoms with E-state index in [-0.39, 0.29) is 5.41 Å². The van der Waals surface area contributed by atoms with Crippen molar-refractivity contribution in [2.24, 2.45) is 5.41 Å². The molecular formula is C15H22OS. The molecule has 0 spiro atoms. The van der Waals surface area contributed by atoms with E-state index in [0.717, 1.165) is 23.5 Å². The van der Waals surface area contributed by atoms with Gasteiger partial charge in [0.15, 0.2) is 0 Å². The maximum absolute atomic E-state index is 11.0. The summed E-state index contributed by atoms with van der Waals surface area (Å²) in [6, 6.07) is 6.26. The van der Waals surface area contributed by atoms with Crippen LogP contribution < -0.4 is 0 Å². The summed E-state index contributed by atoms with van der Waals surface area (Å²) in [5.41, 5.74) is 3.20. The monoisotopic (exact) mass is 250 g/mol. The van der Waals surface area contributed by atoms with Gasteiger partial charge in [-0.15, -0.1) is 0 Å². The average Bonchev–Trinajstić information content (AvgIpc) is 2.20. The summed E-state index contributed by atoms with van der Waals surface area (Å²) in [7, 11) is 0. The minimum Gasteiger partial charge on any atom is -0.384 e. The molecule has 1 aliphatic heterocycles. The molecule has 1 N–H and O–H groups in total. The molecule has 1 heterocycles. The van der Waals surface area contributed by atoms with Crippen molar-refractivity contribution in [1.82, 2.24) is 0 Å². The fraction of sp³-hybridized carbons (Fsp3) is 0.600. The SMILES string of the molecule is Cc1cccc(C2(O)CSCC(C)(C)C2)c1C. The zero-order valence-corrected chi connectivity index (χ0v) is 12.0. The van der Waals surface area contributed by atoms with Crippen molar-refractivity contribution in [1.29, 1.82) is 0 Å². The molecule has 1 saturated heterocycles. The predicted molar refractivity (Wildman–Crippen MR) is 75.5 cm³/mol. The van der Waals surface area contributed by atoms with E-state index in [0.29, 0.717) is 0 Å². The van der Waals surface area contributed by atoms with E-state index in [4.69, 9.17) is 0 Å². The minimum absolute atomic E-state index is 0.216. The van der Waals surface area contributed by atoms with E-state index in [9.17, 15) is 5.11 Å². The Labute approximate surface area is 109 Å². The highest BCUT2D eigenvalue weighted by Gasteiger charge is 2.40. The van der Waals surface area contributed by atoms with Gasteiger partial charge in [0.1, 0.15) is 0 Å². The molecule has 0 amide bonds. The second-order valence-corrected chi connectivity index (χ2v) is 7.10. The second kappa shape index (κ2) is 4.33. The lowest BCUT2D eigenvalue weighted by Crippen LogP contribution is -2.40. The Morgan fingerprint density at radius 3 is 2.53 bits per heavy atom. The molecule has 1 fully saturated rings. The number of aliphatic hydroxyl groups is 1. The molecule has 2 rings (SSSR count). The molecular weight excluding hydrogens is 228 g/mol. The number of benzene rings is 1. The van der Waals surface area contributed by atoms with E-state index in [1.165, 1.54) is 11.1 Å². The molecule has 2 heteroatoms. The van der Waals surface area contributed by atoms with Crippen LogP contribution >= 0.6 is 11.8 Å². The number of hydrogen-bond acceptors (Lipinski definition) is 2. The van der Waals surface area contributed by atoms with Crippen molar-refractivity contribution in [3.8, 4) is 0 Å². The zero-order valence-electron chi connectivity index (χ0n) is 11.2. The molecule has 1 atom stereocenters. The second-order valence-electron chi connectivity index (χ2n) is 6.11. The van der Waals surface area contributed by atoms with Gasteiger partial charge in [-0.05, 0) is 48.1 Å². The maximum atomic E-state index is 11.0. The molecule has 0 radical (unpaired) electrons. The maximum Gasteiger partial charge on any atom is 0.0994 e. The molecule has 94 valence electrons. The lowest BCUT2D eigenvalue weighted by molar-refractivity contribution is 0.0150. The van der Waals surface area contributed by atoms with Crippen LogP contribution in [0.15, 0.2) is 18.2 Å². The summed E-state index contributed by atoms with van der Waals surface area (Å²) in [6.45, 7) is 8.72. The Kier molecular flexibility index (Phi) is 3.30. The van der Waals surface area contributed by atoms with Crippen LogP contribution in [-0.4, -0.2) is 16.6 Å². The molecule has 1 unspecified atom stereocenters. The molecule has 1 aromatic carbocycles. The fourth-order valence-electron chi connectivity index (χ4n) is 2.82. The van der Waals surface area contributed by atoms with Crippen LogP contribution in [0.4, 0.5) is 0 Å². The van der Waals surface area contributed by atoms with Crippen molar-refractivity contribution in [2.75, 3.05) is 11.5 Å². The van der Waals surface area contributed by atoms with Gasteiger partial charge in [0.2, 0.25) is 0 Å². The molecule has 17 heavy (non-hydrogen) atoms. The van der Waals surface area contributed by atoms with E-state index < -0.39 is 5.60 Å². The Balaban J connectivity index is 2.41.